The molecule has 1 aromatic carbocycles. The van der Waals surface area contributed by atoms with Gasteiger partial charge in [-0.25, -0.2) is 4.39 Å². The molecule has 1 aliphatic rings. The van der Waals surface area contributed by atoms with Gasteiger partial charge in [-0.15, -0.1) is 0 Å². The van der Waals surface area contributed by atoms with Crippen molar-refractivity contribution in [3.63, 3.8) is 0 Å². The van der Waals surface area contributed by atoms with E-state index in [4.69, 9.17) is 5.73 Å². The van der Waals surface area contributed by atoms with E-state index in [1.54, 1.807) is 0 Å². The number of alkyl halides is 1. The summed E-state index contributed by atoms with van der Waals surface area (Å²) in [6, 6.07) is 5.12. The fraction of sp³-hybridized carbons (Fsp3) is 0.412. The average molecular weight is 317 g/mol. The Labute approximate surface area is 133 Å². The normalized spacial score (nSPS) is 21.0. The maximum absolute atomic E-state index is 13.6. The van der Waals surface area contributed by atoms with Crippen LogP contribution in [0.1, 0.15) is 24.5 Å². The number of halogens is 1. The minimum absolute atomic E-state index is 0.00502. The number of aromatic nitrogens is 1. The number of amides is 2. The molecule has 1 aliphatic heterocycles. The zero-order chi connectivity index (χ0) is 16.6. The first-order chi connectivity index (χ1) is 11.0. The number of H-pyrrole nitrogens is 1. The number of nitrogens with zero attached hydrogens (tertiary/aromatic N) is 1. The second kappa shape index (κ2) is 6.02. The number of aromatic amines is 1. The number of aryl methyl sites for hydroxylation is 1. The Kier molecular flexibility index (Phi) is 4.07. The lowest BCUT2D eigenvalue weighted by Crippen LogP contribution is -2.44. The number of carbonyl (C=O) groups excluding carboxylic acids is 2. The van der Waals surface area contributed by atoms with Crippen molar-refractivity contribution in [2.24, 2.45) is 5.73 Å². The molecule has 2 amide bonds. The molecule has 3 rings (SSSR count). The third-order valence-corrected chi connectivity index (χ3v) is 4.51. The summed E-state index contributed by atoms with van der Waals surface area (Å²) in [6.07, 6.45) is 1.64. The van der Waals surface area contributed by atoms with Crippen molar-refractivity contribution < 1.29 is 14.0 Å². The van der Waals surface area contributed by atoms with Crippen LogP contribution < -0.4 is 5.73 Å². The molecule has 1 saturated heterocycles. The Morgan fingerprint density at radius 1 is 1.39 bits per heavy atom. The molecule has 0 unspecified atom stereocenters. The van der Waals surface area contributed by atoms with Crippen molar-refractivity contribution in [2.75, 3.05) is 6.54 Å². The molecule has 6 heteroatoms. The lowest BCUT2D eigenvalue weighted by molar-refractivity contribution is -0.136. The summed E-state index contributed by atoms with van der Waals surface area (Å²) in [5.41, 5.74) is 8.34. The molecule has 2 aromatic rings. The molecule has 1 aromatic heterocycles. The van der Waals surface area contributed by atoms with Gasteiger partial charge >= 0.3 is 0 Å². The van der Waals surface area contributed by atoms with E-state index in [0.29, 0.717) is 0 Å². The van der Waals surface area contributed by atoms with Crippen LogP contribution in [0.2, 0.25) is 0 Å². The molecule has 3 N–H and O–H groups in total. The highest BCUT2D eigenvalue weighted by atomic mass is 19.1. The summed E-state index contributed by atoms with van der Waals surface area (Å²) in [4.78, 5) is 28.4. The Morgan fingerprint density at radius 3 is 2.87 bits per heavy atom. The van der Waals surface area contributed by atoms with Gasteiger partial charge < -0.3 is 15.6 Å². The number of para-hydroxylation sites is 1. The Balaban J connectivity index is 1.84. The molecular weight excluding hydrogens is 297 g/mol. The number of primary amides is 1. The molecule has 0 bridgehead atoms. The number of nitrogens with two attached hydrogens (primary N) is 1. The van der Waals surface area contributed by atoms with E-state index in [1.165, 1.54) is 10.5 Å². The molecular formula is C17H20FN3O2. The molecule has 0 saturated carbocycles. The van der Waals surface area contributed by atoms with E-state index in [1.807, 2.05) is 24.4 Å². The number of likely N-dealkylation sites (tertiary alicyclic amines) is 1. The maximum Gasteiger partial charge on any atom is 0.240 e. The quantitative estimate of drug-likeness (QED) is 0.900. The van der Waals surface area contributed by atoms with E-state index in [2.05, 4.69) is 11.9 Å². The molecule has 1 fully saturated rings. The van der Waals surface area contributed by atoms with Crippen LogP contribution in [0.5, 0.6) is 0 Å². The molecule has 2 atom stereocenters. The van der Waals surface area contributed by atoms with E-state index in [0.717, 1.165) is 22.9 Å². The number of rotatable bonds is 4. The molecule has 23 heavy (non-hydrogen) atoms. The van der Waals surface area contributed by atoms with Crippen LogP contribution in [0, 0.1) is 0 Å². The van der Waals surface area contributed by atoms with Gasteiger partial charge in [0.15, 0.2) is 0 Å². The van der Waals surface area contributed by atoms with E-state index in [9.17, 15) is 14.0 Å². The Bertz CT molecular complexity index is 755. The van der Waals surface area contributed by atoms with Crippen LogP contribution in [0.25, 0.3) is 10.9 Å². The van der Waals surface area contributed by atoms with Crippen molar-refractivity contribution in [2.45, 2.75) is 38.4 Å². The maximum atomic E-state index is 13.6. The predicted molar refractivity (Wildman–Crippen MR) is 85.6 cm³/mol. The second-order valence-corrected chi connectivity index (χ2v) is 5.98. The topological polar surface area (TPSA) is 79.2 Å². The van der Waals surface area contributed by atoms with Crippen LogP contribution in [-0.2, 0) is 22.4 Å². The first-order valence-corrected chi connectivity index (χ1v) is 7.82. The SMILES string of the molecule is CCc1cccc2c(CC(=O)N3C[C@H](F)C[C@H]3C(N)=O)c[nH]c12. The van der Waals surface area contributed by atoms with Crippen molar-refractivity contribution in [3.8, 4) is 0 Å². The summed E-state index contributed by atoms with van der Waals surface area (Å²) in [6.45, 7) is 2.01. The van der Waals surface area contributed by atoms with Crippen LogP contribution in [0.15, 0.2) is 24.4 Å². The van der Waals surface area contributed by atoms with Crippen LogP contribution in [0.3, 0.4) is 0 Å². The first kappa shape index (κ1) is 15.5. The summed E-state index contributed by atoms with van der Waals surface area (Å²) in [5.74, 6) is -0.914. The standard InChI is InChI=1S/C17H20FN3O2/c1-2-10-4-3-5-13-11(8-20-16(10)13)6-15(22)21-9-12(18)7-14(21)17(19)23/h3-5,8,12,14,20H,2,6-7,9H2,1H3,(H2,19,23)/t12-,14+/m1/s1. The van der Waals surface area contributed by atoms with Crippen LogP contribution in [-0.4, -0.2) is 40.5 Å². The van der Waals surface area contributed by atoms with Gasteiger partial charge in [-0.05, 0) is 17.5 Å². The minimum atomic E-state index is -1.19. The van der Waals surface area contributed by atoms with Gasteiger partial charge in [-0.1, -0.05) is 25.1 Å². The number of nitrogens with one attached hydrogen (secondary N) is 1. The molecule has 0 radical (unpaired) electrons. The molecule has 5 nitrogen and oxygen atoms in total. The van der Waals surface area contributed by atoms with Crippen molar-refractivity contribution in [3.05, 3.63) is 35.5 Å². The first-order valence-electron chi connectivity index (χ1n) is 7.82. The van der Waals surface area contributed by atoms with Gasteiger partial charge in [0.1, 0.15) is 12.2 Å². The highest BCUT2D eigenvalue weighted by molar-refractivity contribution is 5.92. The summed E-state index contributed by atoms with van der Waals surface area (Å²) >= 11 is 0. The number of carbonyl (C=O) groups is 2. The van der Waals surface area contributed by atoms with Crippen molar-refractivity contribution >= 4 is 22.7 Å². The molecule has 0 spiro atoms. The third kappa shape index (κ3) is 2.81. The van der Waals surface area contributed by atoms with Crippen LogP contribution in [0.4, 0.5) is 4.39 Å². The highest BCUT2D eigenvalue weighted by Gasteiger charge is 2.38. The average Bonchev–Trinajstić information content (AvgIpc) is 3.11. The number of fused-ring (bicyclic) bond motifs is 1. The summed E-state index contributed by atoms with van der Waals surface area (Å²) < 4.78 is 13.6. The van der Waals surface area contributed by atoms with Crippen LogP contribution >= 0.6 is 0 Å². The third-order valence-electron chi connectivity index (χ3n) is 4.51. The molecule has 0 aliphatic carbocycles. The van der Waals surface area contributed by atoms with Gasteiger partial charge in [0.2, 0.25) is 11.8 Å². The lowest BCUT2D eigenvalue weighted by atomic mass is 10.0. The fourth-order valence-corrected chi connectivity index (χ4v) is 3.31. The van der Waals surface area contributed by atoms with Crippen molar-refractivity contribution in [1.82, 2.24) is 9.88 Å². The Morgan fingerprint density at radius 2 is 2.17 bits per heavy atom. The zero-order valence-electron chi connectivity index (χ0n) is 13.0. The smallest absolute Gasteiger partial charge is 0.240 e. The van der Waals surface area contributed by atoms with Gasteiger partial charge in [0, 0.05) is 23.5 Å². The van der Waals surface area contributed by atoms with Gasteiger partial charge in [-0.3, -0.25) is 9.59 Å². The number of benzene rings is 1. The minimum Gasteiger partial charge on any atom is -0.368 e. The second-order valence-electron chi connectivity index (χ2n) is 5.98. The largest absolute Gasteiger partial charge is 0.368 e. The zero-order valence-corrected chi connectivity index (χ0v) is 13.0. The lowest BCUT2D eigenvalue weighted by Gasteiger charge is -2.21. The highest BCUT2D eigenvalue weighted by Crippen LogP contribution is 2.25. The van der Waals surface area contributed by atoms with E-state index in [-0.39, 0.29) is 25.3 Å². The predicted octanol–water partition coefficient (Wildman–Crippen LogP) is 1.70. The van der Waals surface area contributed by atoms with Gasteiger partial charge in [0.05, 0.1) is 13.0 Å². The van der Waals surface area contributed by atoms with Crippen molar-refractivity contribution in [1.29, 1.82) is 0 Å². The summed E-state index contributed by atoms with van der Waals surface area (Å²) in [7, 11) is 0. The monoisotopic (exact) mass is 317 g/mol. The van der Waals surface area contributed by atoms with E-state index < -0.39 is 18.1 Å². The van der Waals surface area contributed by atoms with Gasteiger partial charge in [0.25, 0.3) is 0 Å². The number of hydrogen-bond donors (Lipinski definition) is 2. The van der Waals surface area contributed by atoms with E-state index >= 15 is 0 Å². The molecule has 2 heterocycles. The summed E-state index contributed by atoms with van der Waals surface area (Å²) in [5, 5.41) is 0.990. The molecule has 122 valence electrons. The van der Waals surface area contributed by atoms with Gasteiger partial charge in [-0.2, -0.15) is 0 Å². The fourth-order valence-electron chi connectivity index (χ4n) is 3.31. The Hall–Kier alpha value is -2.37. The number of hydrogen-bond acceptors (Lipinski definition) is 2.